The minimum Gasteiger partial charge on any atom is -0.394 e. The third-order valence-corrected chi connectivity index (χ3v) is 8.42. The average molecular weight is 865 g/mol. The number of nitrogens with zero attached hydrogens (tertiary/aromatic N) is 1. The van der Waals surface area contributed by atoms with Crippen molar-refractivity contribution < 1.29 is 50.1 Å². The molecule has 0 heterocycles. The zero-order chi connectivity index (χ0) is 28.4. The van der Waals surface area contributed by atoms with E-state index in [0.717, 1.165) is 4.90 Å². The summed E-state index contributed by atoms with van der Waals surface area (Å²) in [7, 11) is 1.36. The molecule has 0 aliphatic rings. The Morgan fingerprint density at radius 2 is 1.11 bits per heavy atom. The molecular formula is C21H30I3N3O10. The molecule has 0 spiro atoms. The molecule has 4 atom stereocenters. The molecule has 0 radical (unpaired) electrons. The van der Waals surface area contributed by atoms with Gasteiger partial charge in [0.15, 0.2) is 0 Å². The van der Waals surface area contributed by atoms with Gasteiger partial charge in [0, 0.05) is 10.6 Å². The highest BCUT2D eigenvalue weighted by atomic mass is 127. The van der Waals surface area contributed by atoms with Gasteiger partial charge in [0.1, 0.15) is 6.61 Å². The Bertz CT molecular complexity index is 907. The van der Waals surface area contributed by atoms with E-state index in [9.17, 15) is 39.9 Å². The summed E-state index contributed by atoms with van der Waals surface area (Å²) in [6, 6.07) is -1.87. The summed E-state index contributed by atoms with van der Waals surface area (Å²) in [5, 5.41) is 71.3. The predicted molar refractivity (Wildman–Crippen MR) is 157 cm³/mol. The van der Waals surface area contributed by atoms with Gasteiger partial charge in [-0.1, -0.05) is 0 Å². The average Bonchev–Trinajstić information content (AvgIpc) is 2.86. The molecule has 1 aromatic carbocycles. The molecule has 0 aliphatic carbocycles. The van der Waals surface area contributed by atoms with Crippen molar-refractivity contribution in [3.63, 3.8) is 0 Å². The summed E-state index contributed by atoms with van der Waals surface area (Å²) >= 11 is 5.44. The van der Waals surface area contributed by atoms with Crippen LogP contribution < -0.4 is 15.5 Å². The lowest BCUT2D eigenvalue weighted by molar-refractivity contribution is -0.121. The van der Waals surface area contributed by atoms with Gasteiger partial charge in [-0.25, -0.2) is 0 Å². The van der Waals surface area contributed by atoms with Crippen molar-refractivity contribution >= 4 is 91.2 Å². The number of carbonyl (C=O) groups is 3. The molecule has 37 heavy (non-hydrogen) atoms. The van der Waals surface area contributed by atoms with Crippen molar-refractivity contribution in [3.05, 3.63) is 21.8 Å². The fraction of sp³-hybridized carbons (Fsp3) is 0.571. The van der Waals surface area contributed by atoms with Gasteiger partial charge in [0.05, 0.1) is 74.7 Å². The van der Waals surface area contributed by atoms with E-state index in [1.165, 1.54) is 7.05 Å². The van der Waals surface area contributed by atoms with Crippen LogP contribution in [-0.2, 0) is 4.79 Å². The largest absolute Gasteiger partial charge is 0.394 e. The number of benzene rings is 1. The van der Waals surface area contributed by atoms with Crippen LogP contribution in [0.15, 0.2) is 0 Å². The van der Waals surface area contributed by atoms with Gasteiger partial charge in [-0.2, -0.15) is 0 Å². The zero-order valence-corrected chi connectivity index (χ0v) is 26.2. The lowest BCUT2D eigenvalue weighted by Crippen LogP contribution is -2.43. The van der Waals surface area contributed by atoms with E-state index in [0.29, 0.717) is 0 Å². The summed E-state index contributed by atoms with van der Waals surface area (Å²) in [5.74, 6) is -2.18. The number of aliphatic hydroxyl groups is 7. The summed E-state index contributed by atoms with van der Waals surface area (Å²) in [5.41, 5.74) is 0.113. The van der Waals surface area contributed by atoms with Crippen LogP contribution in [0, 0.1) is 10.7 Å². The number of anilines is 1. The van der Waals surface area contributed by atoms with E-state index < -0.39 is 75.0 Å². The fourth-order valence-electron chi connectivity index (χ4n) is 3.25. The number of hydrogen-bond acceptors (Lipinski definition) is 10. The van der Waals surface area contributed by atoms with Crippen LogP contribution in [0.5, 0.6) is 0 Å². The van der Waals surface area contributed by atoms with Gasteiger partial charge < -0.3 is 51.3 Å². The summed E-state index contributed by atoms with van der Waals surface area (Å²) in [6.45, 7) is -3.09. The monoisotopic (exact) mass is 865 g/mol. The third-order valence-electron chi connectivity index (χ3n) is 5.24. The number of aliphatic hydroxyl groups excluding tert-OH is 7. The normalized spacial score (nSPS) is 14.5. The fourth-order valence-corrected chi connectivity index (χ4v) is 8.12. The van der Waals surface area contributed by atoms with Crippen molar-refractivity contribution in [2.24, 2.45) is 0 Å². The van der Waals surface area contributed by atoms with E-state index in [1.807, 2.05) is 45.2 Å². The Morgan fingerprint density at radius 1 is 0.730 bits per heavy atom. The second-order valence-electron chi connectivity index (χ2n) is 8.00. The molecule has 13 nitrogen and oxygen atoms in total. The van der Waals surface area contributed by atoms with Crippen LogP contribution >= 0.6 is 67.8 Å². The van der Waals surface area contributed by atoms with Gasteiger partial charge in [-0.15, -0.1) is 0 Å². The van der Waals surface area contributed by atoms with Gasteiger partial charge in [0.25, 0.3) is 17.7 Å². The Balaban J connectivity index is 3.66. The molecule has 4 unspecified atom stereocenters. The maximum atomic E-state index is 13.3. The zero-order valence-electron chi connectivity index (χ0n) is 19.7. The maximum Gasteiger partial charge on any atom is 0.253 e. The first-order valence-electron chi connectivity index (χ1n) is 10.9. The van der Waals surface area contributed by atoms with E-state index in [1.54, 1.807) is 22.6 Å². The van der Waals surface area contributed by atoms with Crippen LogP contribution in [0.4, 0.5) is 5.69 Å². The molecule has 210 valence electrons. The molecule has 3 amide bonds. The number of likely N-dealkylation sites (N-methyl/N-ethyl adjacent to an activating group) is 1. The SMILES string of the molecule is CN(C(=O)CO)c1c(I)c(C(=O)NC(CO)CC(O)CO)c(I)c(C(=O)NC(CO)CC(O)CO)c1I. The van der Waals surface area contributed by atoms with Gasteiger partial charge in [-0.05, 0) is 80.6 Å². The summed E-state index contributed by atoms with van der Waals surface area (Å²) in [6.07, 6.45) is -2.68. The minimum atomic E-state index is -1.19. The van der Waals surface area contributed by atoms with Crippen molar-refractivity contribution in [1.29, 1.82) is 0 Å². The smallest absolute Gasteiger partial charge is 0.253 e. The van der Waals surface area contributed by atoms with E-state index in [4.69, 9.17) is 10.2 Å². The Hall–Kier alpha value is -0.460. The predicted octanol–water partition coefficient (Wildman–Crippen LogP) is -1.88. The van der Waals surface area contributed by atoms with Gasteiger partial charge in [0.2, 0.25) is 0 Å². The van der Waals surface area contributed by atoms with Crippen molar-refractivity contribution in [3.8, 4) is 0 Å². The van der Waals surface area contributed by atoms with Crippen LogP contribution in [0.3, 0.4) is 0 Å². The number of halogens is 3. The molecule has 0 saturated heterocycles. The molecule has 0 bridgehead atoms. The topological polar surface area (TPSA) is 220 Å². The van der Waals surface area contributed by atoms with Gasteiger partial charge >= 0.3 is 0 Å². The number of hydrogen-bond donors (Lipinski definition) is 9. The highest BCUT2D eigenvalue weighted by molar-refractivity contribution is 14.1. The standard InChI is InChI=1S/C21H30I3N3O10/c1-27(13(35)8-32)19-17(23)14(20(36)25-9(4-28)2-11(33)6-30)16(22)15(18(19)24)21(37)26-10(5-29)3-12(34)7-31/h9-12,28-34H,2-8H2,1H3,(H,25,36)(H,26,37). The Kier molecular flexibility index (Phi) is 15.5. The first kappa shape index (κ1) is 34.6. The van der Waals surface area contributed by atoms with Gasteiger partial charge in [-0.3, -0.25) is 14.4 Å². The molecule has 16 heteroatoms. The molecule has 0 saturated carbocycles. The Labute approximate surface area is 254 Å². The lowest BCUT2D eigenvalue weighted by Gasteiger charge is -2.26. The van der Waals surface area contributed by atoms with E-state index in [-0.39, 0.29) is 40.4 Å². The molecule has 1 aromatic rings. The van der Waals surface area contributed by atoms with E-state index in [2.05, 4.69) is 10.6 Å². The maximum absolute atomic E-state index is 13.3. The second kappa shape index (κ2) is 16.6. The molecule has 0 aliphatic heterocycles. The van der Waals surface area contributed by atoms with Crippen molar-refractivity contribution in [2.45, 2.75) is 37.1 Å². The Morgan fingerprint density at radius 3 is 1.41 bits per heavy atom. The first-order valence-corrected chi connectivity index (χ1v) is 14.1. The summed E-state index contributed by atoms with van der Waals surface area (Å²) in [4.78, 5) is 40.1. The minimum absolute atomic E-state index is 0.0211. The molecular weight excluding hydrogens is 835 g/mol. The quantitative estimate of drug-likeness (QED) is 0.0949. The lowest BCUT2D eigenvalue weighted by atomic mass is 10.0. The van der Waals surface area contributed by atoms with Crippen molar-refractivity contribution in [1.82, 2.24) is 10.6 Å². The number of amides is 3. The van der Waals surface area contributed by atoms with Crippen LogP contribution in [-0.4, -0.2) is 118 Å². The number of nitrogens with one attached hydrogen (secondary N) is 2. The van der Waals surface area contributed by atoms with Crippen LogP contribution in [0.25, 0.3) is 0 Å². The highest BCUT2D eigenvalue weighted by Crippen LogP contribution is 2.37. The first-order chi connectivity index (χ1) is 17.4. The van der Waals surface area contributed by atoms with Crippen molar-refractivity contribution in [2.75, 3.05) is 45.0 Å². The molecule has 1 rings (SSSR count). The van der Waals surface area contributed by atoms with Crippen LogP contribution in [0.1, 0.15) is 33.6 Å². The van der Waals surface area contributed by atoms with E-state index >= 15 is 0 Å². The number of carbonyl (C=O) groups excluding carboxylic acids is 3. The molecule has 9 N–H and O–H groups in total. The summed E-state index contributed by atoms with van der Waals surface area (Å²) < 4.78 is 0.700. The highest BCUT2D eigenvalue weighted by Gasteiger charge is 2.32. The molecule has 0 aromatic heterocycles. The molecule has 0 fully saturated rings. The van der Waals surface area contributed by atoms with Crippen LogP contribution in [0.2, 0.25) is 0 Å². The second-order valence-corrected chi connectivity index (χ2v) is 11.2. The third kappa shape index (κ3) is 9.31. The number of rotatable bonds is 14.